The van der Waals surface area contributed by atoms with Gasteiger partial charge in [0.05, 0.1) is 35.2 Å². The quantitative estimate of drug-likeness (QED) is 0.117. The summed E-state index contributed by atoms with van der Waals surface area (Å²) in [6.45, 7) is 4.56. The van der Waals surface area contributed by atoms with Crippen molar-refractivity contribution in [1.82, 2.24) is 9.80 Å². The highest BCUT2D eigenvalue weighted by Crippen LogP contribution is 2.32. The van der Waals surface area contributed by atoms with Crippen molar-refractivity contribution in [2.24, 2.45) is 5.92 Å². The molecule has 3 amide bonds. The van der Waals surface area contributed by atoms with Crippen LogP contribution in [-0.2, 0) is 22.3 Å². The van der Waals surface area contributed by atoms with Gasteiger partial charge in [0.15, 0.2) is 0 Å². The number of carbonyl (C=O) groups is 3. The van der Waals surface area contributed by atoms with Gasteiger partial charge >= 0.3 is 6.18 Å². The van der Waals surface area contributed by atoms with Crippen LogP contribution in [-0.4, -0.2) is 71.5 Å². The molecule has 0 aliphatic carbocycles. The van der Waals surface area contributed by atoms with Crippen LogP contribution in [0.1, 0.15) is 67.4 Å². The molecule has 1 aliphatic heterocycles. The molecule has 13 heteroatoms. The summed E-state index contributed by atoms with van der Waals surface area (Å²) < 4.78 is 45.4. The van der Waals surface area contributed by atoms with Gasteiger partial charge < -0.3 is 31.1 Å². The van der Waals surface area contributed by atoms with Gasteiger partial charge in [-0.25, -0.2) is 0 Å². The first kappa shape index (κ1) is 38.2. The van der Waals surface area contributed by atoms with E-state index in [4.69, 9.17) is 10.5 Å². The summed E-state index contributed by atoms with van der Waals surface area (Å²) in [4.78, 5) is 42.4. The van der Waals surface area contributed by atoms with Crippen molar-refractivity contribution in [3.05, 3.63) is 83.4 Å². The minimum absolute atomic E-state index is 0.146. The molecule has 10 nitrogen and oxygen atoms in total. The molecule has 4 rings (SSSR count). The van der Waals surface area contributed by atoms with Crippen LogP contribution in [0.25, 0.3) is 0 Å². The number of fused-ring (bicyclic) bond motifs is 1. The van der Waals surface area contributed by atoms with Crippen LogP contribution in [0.4, 0.5) is 30.2 Å². The second kappa shape index (κ2) is 17.3. The number of para-hydroxylation sites is 2. The van der Waals surface area contributed by atoms with Crippen LogP contribution in [0.15, 0.2) is 66.7 Å². The molecule has 1 aliphatic rings. The number of ether oxygens (including phenoxy) is 1. The zero-order valence-corrected chi connectivity index (χ0v) is 28.6. The lowest BCUT2D eigenvalue weighted by atomic mass is 9.99. The van der Waals surface area contributed by atoms with Crippen molar-refractivity contribution in [3.8, 4) is 5.75 Å². The average Bonchev–Trinajstić information content (AvgIpc) is 3.07. The number of anilines is 3. The molecule has 0 aromatic heterocycles. The van der Waals surface area contributed by atoms with Gasteiger partial charge in [0.1, 0.15) is 11.9 Å². The number of nitrogens with two attached hydrogens (primary N) is 1. The van der Waals surface area contributed by atoms with Crippen LogP contribution in [0, 0.1) is 5.92 Å². The first-order valence-corrected chi connectivity index (χ1v) is 16.8. The molecule has 5 N–H and O–H groups in total. The van der Waals surface area contributed by atoms with Gasteiger partial charge in [-0.05, 0) is 74.8 Å². The second-order valence-electron chi connectivity index (χ2n) is 13.0. The van der Waals surface area contributed by atoms with Crippen LogP contribution < -0.4 is 21.1 Å². The minimum Gasteiger partial charge on any atom is -0.488 e. The van der Waals surface area contributed by atoms with E-state index in [0.29, 0.717) is 73.7 Å². The van der Waals surface area contributed by atoms with E-state index < -0.39 is 23.9 Å². The monoisotopic (exact) mass is 697 g/mol. The third-order valence-electron chi connectivity index (χ3n) is 8.72. The van der Waals surface area contributed by atoms with E-state index in [0.717, 1.165) is 12.1 Å². The zero-order valence-electron chi connectivity index (χ0n) is 28.6. The van der Waals surface area contributed by atoms with Gasteiger partial charge in [0.25, 0.3) is 5.91 Å². The molecule has 3 aromatic carbocycles. The van der Waals surface area contributed by atoms with E-state index in [1.54, 1.807) is 54.3 Å². The maximum Gasteiger partial charge on any atom is 0.416 e. The number of halogens is 3. The smallest absolute Gasteiger partial charge is 0.416 e. The average molecular weight is 698 g/mol. The number of nitrogens with one attached hydrogen (secondary N) is 2. The number of aliphatic hydroxyl groups excluding tert-OH is 1. The van der Waals surface area contributed by atoms with Gasteiger partial charge in [-0.15, -0.1) is 0 Å². The molecule has 0 spiro atoms. The molecule has 0 saturated carbocycles. The topological polar surface area (TPSA) is 137 Å². The number of nitrogen functional groups attached to an aromatic ring is 1. The van der Waals surface area contributed by atoms with Crippen molar-refractivity contribution in [2.75, 3.05) is 43.1 Å². The summed E-state index contributed by atoms with van der Waals surface area (Å²) in [5.74, 6) is -0.539. The minimum atomic E-state index is -4.41. The Labute approximate surface area is 290 Å². The molecule has 3 atom stereocenters. The third kappa shape index (κ3) is 10.7. The molecular weight excluding hydrogens is 651 g/mol. The molecule has 0 unspecified atom stereocenters. The fourth-order valence-corrected chi connectivity index (χ4v) is 5.80. The maximum atomic E-state index is 13.8. The van der Waals surface area contributed by atoms with E-state index in [1.165, 1.54) is 12.1 Å². The Bertz CT molecular complexity index is 1620. The van der Waals surface area contributed by atoms with Crippen LogP contribution in [0.5, 0.6) is 5.75 Å². The Morgan fingerprint density at radius 3 is 2.32 bits per heavy atom. The highest BCUT2D eigenvalue weighted by atomic mass is 19.4. The van der Waals surface area contributed by atoms with Crippen LogP contribution >= 0.6 is 0 Å². The summed E-state index contributed by atoms with van der Waals surface area (Å²) in [7, 11) is 1.85. The number of carbonyl (C=O) groups excluding carboxylic acids is 3. The number of hydrogen-bond acceptors (Lipinski definition) is 7. The number of hydrogen-bond donors (Lipinski definition) is 4. The highest BCUT2D eigenvalue weighted by Gasteiger charge is 2.34. The predicted octanol–water partition coefficient (Wildman–Crippen LogP) is 6.17. The number of unbranched alkanes of at least 4 members (excludes halogenated alkanes) is 2. The molecular formula is C37H46F3N5O5. The number of aliphatic hydroxyl groups is 1. The molecule has 0 fully saturated rings. The lowest BCUT2D eigenvalue weighted by molar-refractivity contribution is -0.137. The van der Waals surface area contributed by atoms with Gasteiger partial charge in [-0.3, -0.25) is 19.3 Å². The third-order valence-corrected chi connectivity index (χ3v) is 8.72. The maximum absolute atomic E-state index is 13.8. The predicted molar refractivity (Wildman–Crippen MR) is 187 cm³/mol. The number of alkyl halides is 3. The van der Waals surface area contributed by atoms with Gasteiger partial charge in [0.2, 0.25) is 11.8 Å². The van der Waals surface area contributed by atoms with Crippen molar-refractivity contribution in [3.63, 3.8) is 0 Å². The molecule has 1 heterocycles. The lowest BCUT2D eigenvalue weighted by Crippen LogP contribution is -2.49. The van der Waals surface area contributed by atoms with E-state index in [-0.39, 0.29) is 42.2 Å². The van der Waals surface area contributed by atoms with Gasteiger partial charge in [0, 0.05) is 44.1 Å². The summed E-state index contributed by atoms with van der Waals surface area (Å²) >= 11 is 0. The first-order valence-electron chi connectivity index (χ1n) is 16.8. The Morgan fingerprint density at radius 2 is 1.68 bits per heavy atom. The molecule has 0 saturated heterocycles. The summed E-state index contributed by atoms with van der Waals surface area (Å²) in [6.07, 6.45) is -2.43. The number of likely N-dealkylation sites (N-methyl/N-ethyl adjacent to an activating group) is 1. The van der Waals surface area contributed by atoms with E-state index >= 15 is 0 Å². The standard InChI is InChI=1S/C37H46F3N5O5/c1-24-20-45(25(2)23-46)36(49)29-19-28(42-34(47)11-5-4-6-12-35(48)43-31-10-8-7-9-30(31)41)17-18-32(29)50-33(24)22-44(3)21-26-13-15-27(16-14-26)37(38,39)40/h7-10,13-19,24-25,33,46H,4-6,11-12,20-23,41H2,1-3H3,(H,42,47)(H,43,48)/t24-,25+,33+/m1/s1. The molecule has 50 heavy (non-hydrogen) atoms. The van der Waals surface area contributed by atoms with Crippen LogP contribution in [0.2, 0.25) is 0 Å². The van der Waals surface area contributed by atoms with E-state index in [2.05, 4.69) is 10.6 Å². The molecule has 270 valence electrons. The van der Waals surface area contributed by atoms with E-state index in [1.807, 2.05) is 18.9 Å². The fourth-order valence-electron chi connectivity index (χ4n) is 5.80. The SMILES string of the molecule is C[C@@H]1CN([C@@H](C)CO)C(=O)c2cc(NC(=O)CCCCCC(=O)Nc3ccccc3N)ccc2O[C@H]1CN(C)Cc1ccc(C(F)(F)F)cc1. The van der Waals surface area contributed by atoms with Crippen molar-refractivity contribution in [2.45, 2.75) is 70.8 Å². The largest absolute Gasteiger partial charge is 0.488 e. The first-order chi connectivity index (χ1) is 23.7. The zero-order chi connectivity index (χ0) is 36.4. The lowest BCUT2D eigenvalue weighted by Gasteiger charge is -2.38. The Hall–Kier alpha value is -4.62. The van der Waals surface area contributed by atoms with E-state index in [9.17, 15) is 32.7 Å². The Morgan fingerprint density at radius 1 is 1.02 bits per heavy atom. The summed E-state index contributed by atoms with van der Waals surface area (Å²) in [5.41, 5.74) is 7.61. The van der Waals surface area contributed by atoms with Crippen molar-refractivity contribution >= 4 is 34.8 Å². The van der Waals surface area contributed by atoms with Gasteiger partial charge in [-0.2, -0.15) is 13.2 Å². The second-order valence-corrected chi connectivity index (χ2v) is 13.0. The Balaban J connectivity index is 1.36. The van der Waals surface area contributed by atoms with Gasteiger partial charge in [-0.1, -0.05) is 37.6 Å². The number of nitrogens with zero attached hydrogens (tertiary/aromatic N) is 2. The number of amides is 3. The van der Waals surface area contributed by atoms with Crippen molar-refractivity contribution in [1.29, 1.82) is 0 Å². The summed E-state index contributed by atoms with van der Waals surface area (Å²) in [5, 5.41) is 15.6. The van der Waals surface area contributed by atoms with Crippen molar-refractivity contribution < 1.29 is 37.4 Å². The summed E-state index contributed by atoms with van der Waals surface area (Å²) in [6, 6.07) is 16.5. The molecule has 0 radical (unpaired) electrons. The normalized spacial score (nSPS) is 17.0. The fraction of sp³-hybridized carbons (Fsp3) is 0.432. The Kier molecular flexibility index (Phi) is 13.3. The molecule has 3 aromatic rings. The number of benzene rings is 3. The van der Waals surface area contributed by atoms with Crippen LogP contribution in [0.3, 0.4) is 0 Å². The number of rotatable bonds is 14. The molecule has 0 bridgehead atoms. The highest BCUT2D eigenvalue weighted by molar-refractivity contribution is 6.00.